The lowest BCUT2D eigenvalue weighted by Gasteiger charge is -2.31. The predicted octanol–water partition coefficient (Wildman–Crippen LogP) is 4.78. The Hall–Kier alpha value is -2.34. The number of halogens is 1. The van der Waals surface area contributed by atoms with Crippen LogP contribution in [0.25, 0.3) is 0 Å². The molecule has 0 spiro atoms. The minimum atomic E-state index is -0.635. The standard InChI is InChI=1S/C24H31BrN2O3/c1-16-7-12-21(13-17(16)2)30-15-22(28)27(14-19-8-10-20(25)11-9-19)18(3)23(29)26-24(4,5)6/h7-13,18H,14-15H2,1-6H3,(H,26,29)/t18-/m1/s1. The van der Waals surface area contributed by atoms with E-state index >= 15 is 0 Å². The Bertz CT molecular complexity index is 888. The summed E-state index contributed by atoms with van der Waals surface area (Å²) in [5.74, 6) is 0.202. The summed E-state index contributed by atoms with van der Waals surface area (Å²) in [5, 5.41) is 2.96. The number of nitrogens with one attached hydrogen (secondary N) is 1. The molecule has 0 unspecified atom stereocenters. The number of nitrogens with zero attached hydrogens (tertiary/aromatic N) is 1. The number of benzene rings is 2. The lowest BCUT2D eigenvalue weighted by Crippen LogP contribution is -2.53. The number of rotatable bonds is 7. The Labute approximate surface area is 187 Å². The van der Waals surface area contributed by atoms with E-state index < -0.39 is 6.04 Å². The van der Waals surface area contributed by atoms with Gasteiger partial charge in [0.2, 0.25) is 5.91 Å². The molecule has 2 rings (SSSR count). The molecule has 162 valence electrons. The maximum atomic E-state index is 13.1. The molecule has 6 heteroatoms. The SMILES string of the molecule is Cc1ccc(OCC(=O)N(Cc2ccc(Br)cc2)[C@H](C)C(=O)NC(C)(C)C)cc1C. The molecule has 0 aliphatic carbocycles. The first kappa shape index (κ1) is 23.9. The van der Waals surface area contributed by atoms with E-state index in [1.807, 2.05) is 77.1 Å². The fourth-order valence-electron chi connectivity index (χ4n) is 2.87. The van der Waals surface area contributed by atoms with Crippen LogP contribution in [-0.4, -0.2) is 34.9 Å². The summed E-state index contributed by atoms with van der Waals surface area (Å²) in [5.41, 5.74) is 2.82. The molecule has 5 nitrogen and oxygen atoms in total. The highest BCUT2D eigenvalue weighted by Crippen LogP contribution is 2.18. The monoisotopic (exact) mass is 474 g/mol. The first-order chi connectivity index (χ1) is 14.0. The van der Waals surface area contributed by atoms with Crippen molar-refractivity contribution in [3.8, 4) is 5.75 Å². The van der Waals surface area contributed by atoms with Crippen molar-refractivity contribution in [3.63, 3.8) is 0 Å². The highest BCUT2D eigenvalue weighted by Gasteiger charge is 2.28. The highest BCUT2D eigenvalue weighted by atomic mass is 79.9. The van der Waals surface area contributed by atoms with Crippen LogP contribution in [-0.2, 0) is 16.1 Å². The largest absolute Gasteiger partial charge is 0.484 e. The molecule has 0 fully saturated rings. The zero-order chi connectivity index (χ0) is 22.5. The maximum absolute atomic E-state index is 13.1. The van der Waals surface area contributed by atoms with Crippen molar-refractivity contribution < 1.29 is 14.3 Å². The molecule has 0 bridgehead atoms. The van der Waals surface area contributed by atoms with Gasteiger partial charge in [0, 0.05) is 16.6 Å². The third-order valence-electron chi connectivity index (χ3n) is 4.77. The van der Waals surface area contributed by atoms with Crippen LogP contribution in [0.15, 0.2) is 46.9 Å². The van der Waals surface area contributed by atoms with Gasteiger partial charge in [-0.25, -0.2) is 0 Å². The van der Waals surface area contributed by atoms with E-state index in [1.54, 1.807) is 11.8 Å². The molecule has 0 saturated heterocycles. The van der Waals surface area contributed by atoms with Gasteiger partial charge < -0.3 is 15.0 Å². The second-order valence-corrected chi connectivity index (χ2v) is 9.51. The van der Waals surface area contributed by atoms with Gasteiger partial charge in [0.1, 0.15) is 11.8 Å². The average Bonchev–Trinajstić information content (AvgIpc) is 2.66. The number of carbonyl (C=O) groups is 2. The fraction of sp³-hybridized carbons (Fsp3) is 0.417. The summed E-state index contributed by atoms with van der Waals surface area (Å²) in [6, 6.07) is 12.8. The summed E-state index contributed by atoms with van der Waals surface area (Å²) >= 11 is 3.42. The van der Waals surface area contributed by atoms with Crippen LogP contribution in [0.4, 0.5) is 0 Å². The zero-order valence-corrected chi connectivity index (χ0v) is 20.2. The lowest BCUT2D eigenvalue weighted by atomic mass is 10.1. The van der Waals surface area contributed by atoms with Crippen molar-refractivity contribution >= 4 is 27.7 Å². The van der Waals surface area contributed by atoms with Crippen LogP contribution in [0.1, 0.15) is 44.4 Å². The molecular weight excluding hydrogens is 444 g/mol. The minimum absolute atomic E-state index is 0.133. The van der Waals surface area contributed by atoms with Gasteiger partial charge in [-0.15, -0.1) is 0 Å². The predicted molar refractivity (Wildman–Crippen MR) is 123 cm³/mol. The normalized spacial score (nSPS) is 12.2. The number of hydrogen-bond acceptors (Lipinski definition) is 3. The summed E-state index contributed by atoms with van der Waals surface area (Å²) < 4.78 is 6.70. The molecule has 0 aromatic heterocycles. The summed E-state index contributed by atoms with van der Waals surface area (Å²) in [6.45, 7) is 11.7. The molecule has 0 aliphatic rings. The Kier molecular flexibility index (Phi) is 8.07. The molecule has 0 aliphatic heterocycles. The van der Waals surface area contributed by atoms with Crippen molar-refractivity contribution in [3.05, 3.63) is 63.6 Å². The lowest BCUT2D eigenvalue weighted by molar-refractivity contribution is -0.142. The Morgan fingerprint density at radius 1 is 1.07 bits per heavy atom. The third-order valence-corrected chi connectivity index (χ3v) is 5.30. The van der Waals surface area contributed by atoms with Gasteiger partial charge in [0.15, 0.2) is 6.61 Å². The first-order valence-electron chi connectivity index (χ1n) is 10.0. The second kappa shape index (κ2) is 10.1. The number of carbonyl (C=O) groups excluding carboxylic acids is 2. The van der Waals surface area contributed by atoms with E-state index in [1.165, 1.54) is 0 Å². The number of aryl methyl sites for hydroxylation is 2. The van der Waals surface area contributed by atoms with Crippen molar-refractivity contribution in [1.29, 1.82) is 0 Å². The summed E-state index contributed by atoms with van der Waals surface area (Å²) in [4.78, 5) is 27.4. The van der Waals surface area contributed by atoms with Crippen molar-refractivity contribution in [2.75, 3.05) is 6.61 Å². The van der Waals surface area contributed by atoms with Crippen LogP contribution in [0.3, 0.4) is 0 Å². The van der Waals surface area contributed by atoms with Gasteiger partial charge in [0.25, 0.3) is 5.91 Å². The van der Waals surface area contributed by atoms with Gasteiger partial charge >= 0.3 is 0 Å². The van der Waals surface area contributed by atoms with E-state index in [2.05, 4.69) is 21.2 Å². The molecule has 1 N–H and O–H groups in total. The summed E-state index contributed by atoms with van der Waals surface area (Å²) in [6.07, 6.45) is 0. The molecule has 0 radical (unpaired) electrons. The number of amides is 2. The second-order valence-electron chi connectivity index (χ2n) is 8.60. The van der Waals surface area contributed by atoms with Crippen LogP contribution in [0.2, 0.25) is 0 Å². The highest BCUT2D eigenvalue weighted by molar-refractivity contribution is 9.10. The van der Waals surface area contributed by atoms with Crippen LogP contribution in [0.5, 0.6) is 5.75 Å². The van der Waals surface area contributed by atoms with E-state index in [0.29, 0.717) is 12.3 Å². The van der Waals surface area contributed by atoms with Crippen LogP contribution >= 0.6 is 15.9 Å². The molecular formula is C24H31BrN2O3. The molecule has 1 atom stereocenters. The fourth-order valence-corrected chi connectivity index (χ4v) is 3.14. The zero-order valence-electron chi connectivity index (χ0n) is 18.6. The Balaban J connectivity index is 2.17. The van der Waals surface area contributed by atoms with Crippen molar-refractivity contribution in [2.45, 2.75) is 59.7 Å². The quantitative estimate of drug-likeness (QED) is 0.628. The van der Waals surface area contributed by atoms with E-state index in [4.69, 9.17) is 4.74 Å². The van der Waals surface area contributed by atoms with E-state index in [0.717, 1.165) is 21.2 Å². The Morgan fingerprint density at radius 3 is 2.27 bits per heavy atom. The van der Waals surface area contributed by atoms with Crippen molar-refractivity contribution in [2.24, 2.45) is 0 Å². The topological polar surface area (TPSA) is 58.6 Å². The molecule has 2 aromatic carbocycles. The van der Waals surface area contributed by atoms with Gasteiger partial charge in [-0.2, -0.15) is 0 Å². The van der Waals surface area contributed by atoms with Crippen LogP contribution < -0.4 is 10.1 Å². The van der Waals surface area contributed by atoms with E-state index in [9.17, 15) is 9.59 Å². The molecule has 0 saturated carbocycles. The smallest absolute Gasteiger partial charge is 0.261 e. The molecule has 2 amide bonds. The number of hydrogen-bond donors (Lipinski definition) is 1. The molecule has 30 heavy (non-hydrogen) atoms. The molecule has 0 heterocycles. The van der Waals surface area contributed by atoms with Gasteiger partial charge in [0.05, 0.1) is 0 Å². The van der Waals surface area contributed by atoms with Gasteiger partial charge in [-0.1, -0.05) is 34.1 Å². The van der Waals surface area contributed by atoms with Crippen molar-refractivity contribution in [1.82, 2.24) is 10.2 Å². The first-order valence-corrected chi connectivity index (χ1v) is 10.8. The third kappa shape index (κ3) is 7.17. The summed E-state index contributed by atoms with van der Waals surface area (Å²) in [7, 11) is 0. The van der Waals surface area contributed by atoms with Gasteiger partial charge in [-0.3, -0.25) is 9.59 Å². The molecule has 2 aromatic rings. The Morgan fingerprint density at radius 2 is 1.70 bits per heavy atom. The number of ether oxygens (including phenoxy) is 1. The average molecular weight is 475 g/mol. The maximum Gasteiger partial charge on any atom is 0.261 e. The minimum Gasteiger partial charge on any atom is -0.484 e. The van der Waals surface area contributed by atoms with Crippen LogP contribution in [0, 0.1) is 13.8 Å². The van der Waals surface area contributed by atoms with E-state index in [-0.39, 0.29) is 24.0 Å². The van der Waals surface area contributed by atoms with Gasteiger partial charge in [-0.05, 0) is 82.5 Å².